The van der Waals surface area contributed by atoms with E-state index in [0.29, 0.717) is 24.3 Å². The molecule has 0 bridgehead atoms. The molecule has 1 fully saturated rings. The SMILES string of the molecule is Cc1cc(C(=O)NCc2cccc(C(=O)NC[C@@H]3CCCO3)c2)n(C)n1. The van der Waals surface area contributed by atoms with Crippen LogP contribution < -0.4 is 10.6 Å². The highest BCUT2D eigenvalue weighted by Gasteiger charge is 2.17. The first-order valence-electron chi connectivity index (χ1n) is 8.80. The van der Waals surface area contributed by atoms with Crippen LogP contribution in [-0.4, -0.2) is 40.9 Å². The number of benzene rings is 1. The summed E-state index contributed by atoms with van der Waals surface area (Å²) in [4.78, 5) is 24.6. The van der Waals surface area contributed by atoms with E-state index < -0.39 is 0 Å². The first kappa shape index (κ1) is 18.1. The van der Waals surface area contributed by atoms with Gasteiger partial charge >= 0.3 is 0 Å². The zero-order valence-corrected chi connectivity index (χ0v) is 15.1. The fraction of sp³-hybridized carbons (Fsp3) is 0.421. The van der Waals surface area contributed by atoms with Crippen molar-refractivity contribution < 1.29 is 14.3 Å². The van der Waals surface area contributed by atoms with Crippen molar-refractivity contribution in [1.29, 1.82) is 0 Å². The number of aromatic nitrogens is 2. The second kappa shape index (κ2) is 8.14. The molecule has 138 valence electrons. The molecule has 0 aliphatic carbocycles. The van der Waals surface area contributed by atoms with Gasteiger partial charge in [-0.2, -0.15) is 5.10 Å². The molecule has 7 nitrogen and oxygen atoms in total. The summed E-state index contributed by atoms with van der Waals surface area (Å²) in [6, 6.07) is 8.99. The van der Waals surface area contributed by atoms with Crippen LogP contribution in [0.4, 0.5) is 0 Å². The van der Waals surface area contributed by atoms with Crippen molar-refractivity contribution in [2.45, 2.75) is 32.4 Å². The third-order valence-corrected chi connectivity index (χ3v) is 4.39. The van der Waals surface area contributed by atoms with Crippen LogP contribution in [0, 0.1) is 6.92 Å². The minimum absolute atomic E-state index is 0.115. The molecule has 2 N–H and O–H groups in total. The summed E-state index contributed by atoms with van der Waals surface area (Å²) in [7, 11) is 1.74. The molecule has 0 radical (unpaired) electrons. The number of ether oxygens (including phenoxy) is 1. The van der Waals surface area contributed by atoms with Crippen LogP contribution in [0.25, 0.3) is 0 Å². The Hall–Kier alpha value is -2.67. The predicted molar refractivity (Wildman–Crippen MR) is 96.9 cm³/mol. The molecule has 2 amide bonds. The van der Waals surface area contributed by atoms with Crippen LogP contribution in [0.2, 0.25) is 0 Å². The number of nitrogens with zero attached hydrogens (tertiary/aromatic N) is 2. The van der Waals surface area contributed by atoms with Gasteiger partial charge in [-0.1, -0.05) is 12.1 Å². The summed E-state index contributed by atoms with van der Waals surface area (Å²) in [5.41, 5.74) is 2.74. The molecule has 1 aliphatic heterocycles. The average Bonchev–Trinajstić information content (AvgIpc) is 3.27. The van der Waals surface area contributed by atoms with E-state index in [2.05, 4.69) is 15.7 Å². The van der Waals surface area contributed by atoms with Gasteiger partial charge in [-0.05, 0) is 43.5 Å². The molecule has 0 spiro atoms. The molecule has 0 unspecified atom stereocenters. The minimum atomic E-state index is -0.193. The average molecular weight is 356 g/mol. The molecule has 1 aromatic carbocycles. The third-order valence-electron chi connectivity index (χ3n) is 4.39. The summed E-state index contributed by atoms with van der Waals surface area (Å²) in [5.74, 6) is -0.322. The molecule has 7 heteroatoms. The molecule has 0 saturated carbocycles. The Morgan fingerprint density at radius 3 is 2.81 bits per heavy atom. The Balaban J connectivity index is 1.55. The van der Waals surface area contributed by atoms with Gasteiger partial charge in [0.05, 0.1) is 11.8 Å². The van der Waals surface area contributed by atoms with Crippen molar-refractivity contribution in [3.05, 3.63) is 52.8 Å². The van der Waals surface area contributed by atoms with E-state index in [-0.39, 0.29) is 17.9 Å². The van der Waals surface area contributed by atoms with Crippen molar-refractivity contribution in [2.24, 2.45) is 7.05 Å². The Bertz CT molecular complexity index is 794. The number of aryl methyl sites for hydroxylation is 2. The number of amides is 2. The lowest BCUT2D eigenvalue weighted by atomic mass is 10.1. The van der Waals surface area contributed by atoms with E-state index in [1.807, 2.05) is 19.1 Å². The zero-order valence-electron chi connectivity index (χ0n) is 15.1. The van der Waals surface area contributed by atoms with E-state index >= 15 is 0 Å². The van der Waals surface area contributed by atoms with Gasteiger partial charge < -0.3 is 15.4 Å². The summed E-state index contributed by atoms with van der Waals surface area (Å²) in [6.07, 6.45) is 2.15. The first-order valence-corrected chi connectivity index (χ1v) is 8.80. The van der Waals surface area contributed by atoms with Gasteiger partial charge in [0, 0.05) is 32.3 Å². The maximum absolute atomic E-state index is 12.3. The quantitative estimate of drug-likeness (QED) is 0.823. The number of carbonyl (C=O) groups is 2. The fourth-order valence-electron chi connectivity index (χ4n) is 3.03. The standard InChI is InChI=1S/C19H24N4O3/c1-13-9-17(23(2)22-13)19(25)20-11-14-5-3-6-15(10-14)18(24)21-12-16-7-4-8-26-16/h3,5-6,9-10,16H,4,7-8,11-12H2,1-2H3,(H,20,25)(H,21,24)/t16-/m0/s1. The Morgan fingerprint density at radius 2 is 2.12 bits per heavy atom. The van der Waals surface area contributed by atoms with Gasteiger partial charge in [0.25, 0.3) is 11.8 Å². The van der Waals surface area contributed by atoms with Gasteiger partial charge in [0.2, 0.25) is 0 Å². The molecule has 1 saturated heterocycles. The minimum Gasteiger partial charge on any atom is -0.376 e. The normalized spacial score (nSPS) is 16.5. The Morgan fingerprint density at radius 1 is 1.27 bits per heavy atom. The molecule has 2 aromatic rings. The van der Waals surface area contributed by atoms with E-state index in [1.165, 1.54) is 0 Å². The van der Waals surface area contributed by atoms with Gasteiger partial charge in [-0.25, -0.2) is 0 Å². The first-order chi connectivity index (χ1) is 12.5. The van der Waals surface area contributed by atoms with Gasteiger partial charge in [0.15, 0.2) is 0 Å². The van der Waals surface area contributed by atoms with Gasteiger partial charge in [0.1, 0.15) is 5.69 Å². The van der Waals surface area contributed by atoms with Gasteiger partial charge in [-0.3, -0.25) is 14.3 Å². The smallest absolute Gasteiger partial charge is 0.269 e. The zero-order chi connectivity index (χ0) is 18.5. The summed E-state index contributed by atoms with van der Waals surface area (Å²) < 4.78 is 7.07. The second-order valence-electron chi connectivity index (χ2n) is 6.52. The molecular formula is C19H24N4O3. The lowest BCUT2D eigenvalue weighted by molar-refractivity contribution is 0.0857. The topological polar surface area (TPSA) is 85.3 Å². The highest BCUT2D eigenvalue weighted by Crippen LogP contribution is 2.11. The van der Waals surface area contributed by atoms with E-state index in [4.69, 9.17) is 4.74 Å². The number of hydrogen-bond donors (Lipinski definition) is 2. The monoisotopic (exact) mass is 356 g/mol. The highest BCUT2D eigenvalue weighted by atomic mass is 16.5. The molecular weight excluding hydrogens is 332 g/mol. The van der Waals surface area contributed by atoms with Crippen LogP contribution in [0.3, 0.4) is 0 Å². The van der Waals surface area contributed by atoms with Crippen LogP contribution in [-0.2, 0) is 18.3 Å². The number of carbonyl (C=O) groups excluding carboxylic acids is 2. The number of hydrogen-bond acceptors (Lipinski definition) is 4. The van der Waals surface area contributed by atoms with E-state index in [9.17, 15) is 9.59 Å². The molecule has 3 rings (SSSR count). The molecule has 26 heavy (non-hydrogen) atoms. The molecule has 1 atom stereocenters. The molecule has 2 heterocycles. The van der Waals surface area contributed by atoms with Crippen LogP contribution >= 0.6 is 0 Å². The maximum atomic E-state index is 12.3. The molecule has 1 aromatic heterocycles. The summed E-state index contributed by atoms with van der Waals surface area (Å²) in [6.45, 7) is 3.48. The summed E-state index contributed by atoms with van der Waals surface area (Å²) in [5, 5.41) is 9.94. The number of rotatable bonds is 6. The van der Waals surface area contributed by atoms with E-state index in [1.54, 1.807) is 29.9 Å². The van der Waals surface area contributed by atoms with Crippen LogP contribution in [0.1, 0.15) is 44.9 Å². The van der Waals surface area contributed by atoms with Crippen LogP contribution in [0.15, 0.2) is 30.3 Å². The van der Waals surface area contributed by atoms with Crippen molar-refractivity contribution in [2.75, 3.05) is 13.2 Å². The van der Waals surface area contributed by atoms with E-state index in [0.717, 1.165) is 30.7 Å². The van der Waals surface area contributed by atoms with Crippen molar-refractivity contribution >= 4 is 11.8 Å². The highest BCUT2D eigenvalue weighted by molar-refractivity contribution is 5.94. The predicted octanol–water partition coefficient (Wildman–Crippen LogP) is 1.57. The Kier molecular flexibility index (Phi) is 5.68. The lowest BCUT2D eigenvalue weighted by Crippen LogP contribution is -2.31. The Labute approximate surface area is 152 Å². The van der Waals surface area contributed by atoms with Crippen molar-refractivity contribution in [3.8, 4) is 0 Å². The third kappa shape index (κ3) is 4.49. The summed E-state index contributed by atoms with van der Waals surface area (Å²) >= 11 is 0. The van der Waals surface area contributed by atoms with Crippen molar-refractivity contribution in [3.63, 3.8) is 0 Å². The lowest BCUT2D eigenvalue weighted by Gasteiger charge is -2.11. The van der Waals surface area contributed by atoms with Crippen molar-refractivity contribution in [1.82, 2.24) is 20.4 Å². The fourth-order valence-corrected chi connectivity index (χ4v) is 3.03. The van der Waals surface area contributed by atoms with Gasteiger partial charge in [-0.15, -0.1) is 0 Å². The molecule has 1 aliphatic rings. The van der Waals surface area contributed by atoms with Crippen LogP contribution in [0.5, 0.6) is 0 Å². The second-order valence-corrected chi connectivity index (χ2v) is 6.52. The maximum Gasteiger partial charge on any atom is 0.269 e. The largest absolute Gasteiger partial charge is 0.376 e. The number of nitrogens with one attached hydrogen (secondary N) is 2.